The average Bonchev–Trinajstić information content (AvgIpc) is 2.73. The highest BCUT2D eigenvalue weighted by Gasteiger charge is 2.15. The highest BCUT2D eigenvalue weighted by molar-refractivity contribution is 5.81. The predicted octanol–water partition coefficient (Wildman–Crippen LogP) is 1.99. The first-order valence-corrected chi connectivity index (χ1v) is 5.39. The van der Waals surface area contributed by atoms with Gasteiger partial charge < -0.3 is 10.4 Å². The van der Waals surface area contributed by atoms with Crippen LogP contribution in [0.15, 0.2) is 24.4 Å². The van der Waals surface area contributed by atoms with Crippen LogP contribution in [0, 0.1) is 5.41 Å². The van der Waals surface area contributed by atoms with E-state index in [1.54, 1.807) is 6.20 Å². The molecule has 0 aliphatic rings. The van der Waals surface area contributed by atoms with Crippen LogP contribution in [0.25, 0.3) is 10.9 Å². The molecule has 1 aromatic heterocycles. The predicted molar refractivity (Wildman–Crippen MR) is 65.5 cm³/mol. The second kappa shape index (κ2) is 4.14. The lowest BCUT2D eigenvalue weighted by molar-refractivity contribution is 0.171. The molecule has 1 heterocycles. The maximum atomic E-state index is 9.16. The average molecular weight is 219 g/mol. The maximum Gasteiger partial charge on any atom is 0.0651 e. The SMILES string of the molecule is CC(C)(CO)CNc1ccc2[nH]ncc2c1. The number of hydrogen-bond donors (Lipinski definition) is 3. The van der Waals surface area contributed by atoms with Crippen molar-refractivity contribution >= 4 is 16.6 Å². The van der Waals surface area contributed by atoms with Crippen LogP contribution >= 0.6 is 0 Å². The first-order chi connectivity index (χ1) is 7.61. The van der Waals surface area contributed by atoms with Gasteiger partial charge in [-0.25, -0.2) is 0 Å². The van der Waals surface area contributed by atoms with Gasteiger partial charge in [-0.1, -0.05) is 13.8 Å². The van der Waals surface area contributed by atoms with Crippen molar-refractivity contribution in [1.82, 2.24) is 10.2 Å². The van der Waals surface area contributed by atoms with Crippen molar-refractivity contribution in [2.45, 2.75) is 13.8 Å². The van der Waals surface area contributed by atoms with Crippen LogP contribution in [0.1, 0.15) is 13.8 Å². The van der Waals surface area contributed by atoms with Gasteiger partial charge in [0.2, 0.25) is 0 Å². The van der Waals surface area contributed by atoms with E-state index < -0.39 is 0 Å². The Morgan fingerprint density at radius 2 is 2.25 bits per heavy atom. The molecule has 0 unspecified atom stereocenters. The van der Waals surface area contributed by atoms with Crippen molar-refractivity contribution < 1.29 is 5.11 Å². The highest BCUT2D eigenvalue weighted by atomic mass is 16.3. The lowest BCUT2D eigenvalue weighted by atomic mass is 9.95. The molecule has 4 nitrogen and oxygen atoms in total. The number of H-pyrrole nitrogens is 1. The molecule has 16 heavy (non-hydrogen) atoms. The van der Waals surface area contributed by atoms with Gasteiger partial charge in [0.05, 0.1) is 11.7 Å². The number of benzene rings is 1. The van der Waals surface area contributed by atoms with Crippen molar-refractivity contribution in [2.75, 3.05) is 18.5 Å². The van der Waals surface area contributed by atoms with E-state index >= 15 is 0 Å². The standard InChI is InChI=1S/C12H17N3O/c1-12(2,8-16)7-13-10-3-4-11-9(5-10)6-14-15-11/h3-6,13,16H,7-8H2,1-2H3,(H,14,15). The highest BCUT2D eigenvalue weighted by Crippen LogP contribution is 2.19. The number of aromatic amines is 1. The van der Waals surface area contributed by atoms with Gasteiger partial charge in [0.25, 0.3) is 0 Å². The molecule has 86 valence electrons. The molecule has 3 N–H and O–H groups in total. The second-order valence-corrected chi connectivity index (χ2v) is 4.85. The van der Waals surface area contributed by atoms with Gasteiger partial charge in [0.1, 0.15) is 0 Å². The van der Waals surface area contributed by atoms with Gasteiger partial charge in [-0.2, -0.15) is 5.10 Å². The number of aliphatic hydroxyl groups excluding tert-OH is 1. The first kappa shape index (κ1) is 11.0. The molecule has 1 aromatic carbocycles. The summed E-state index contributed by atoms with van der Waals surface area (Å²) in [4.78, 5) is 0. The maximum absolute atomic E-state index is 9.16. The number of rotatable bonds is 4. The van der Waals surface area contributed by atoms with Crippen molar-refractivity contribution in [3.8, 4) is 0 Å². The monoisotopic (exact) mass is 219 g/mol. The molecular weight excluding hydrogens is 202 g/mol. The van der Waals surface area contributed by atoms with Crippen LogP contribution in [0.4, 0.5) is 5.69 Å². The zero-order valence-electron chi connectivity index (χ0n) is 9.62. The van der Waals surface area contributed by atoms with Crippen molar-refractivity contribution in [2.24, 2.45) is 5.41 Å². The van der Waals surface area contributed by atoms with Crippen molar-refractivity contribution in [3.05, 3.63) is 24.4 Å². The quantitative estimate of drug-likeness (QED) is 0.737. The summed E-state index contributed by atoms with van der Waals surface area (Å²) in [5.41, 5.74) is 1.98. The fraction of sp³-hybridized carbons (Fsp3) is 0.417. The molecule has 0 aliphatic carbocycles. The van der Waals surface area contributed by atoms with Crippen LogP contribution in [0.3, 0.4) is 0 Å². The number of nitrogens with zero attached hydrogens (tertiary/aromatic N) is 1. The van der Waals surface area contributed by atoms with Crippen LogP contribution in [-0.4, -0.2) is 28.5 Å². The van der Waals surface area contributed by atoms with E-state index in [0.29, 0.717) is 0 Å². The normalized spacial score (nSPS) is 11.9. The largest absolute Gasteiger partial charge is 0.396 e. The number of aromatic nitrogens is 2. The molecular formula is C12H17N3O. The molecule has 2 aromatic rings. The molecule has 0 spiro atoms. The lowest BCUT2D eigenvalue weighted by Crippen LogP contribution is -2.26. The van der Waals surface area contributed by atoms with Crippen molar-refractivity contribution in [1.29, 1.82) is 0 Å². The number of aliphatic hydroxyl groups is 1. The molecule has 0 radical (unpaired) electrons. The topological polar surface area (TPSA) is 60.9 Å². The summed E-state index contributed by atoms with van der Waals surface area (Å²) in [7, 11) is 0. The van der Waals surface area contributed by atoms with E-state index in [9.17, 15) is 0 Å². The Hall–Kier alpha value is -1.55. The summed E-state index contributed by atoms with van der Waals surface area (Å²) < 4.78 is 0. The van der Waals surface area contributed by atoms with E-state index in [0.717, 1.165) is 23.1 Å². The minimum Gasteiger partial charge on any atom is -0.396 e. The van der Waals surface area contributed by atoms with Gasteiger partial charge in [-0.3, -0.25) is 5.10 Å². The van der Waals surface area contributed by atoms with E-state index in [1.165, 1.54) is 0 Å². The van der Waals surface area contributed by atoms with Gasteiger partial charge in [-0.05, 0) is 18.2 Å². The Labute approximate surface area is 94.7 Å². The molecule has 4 heteroatoms. The Balaban J connectivity index is 2.09. The Kier molecular flexibility index (Phi) is 2.83. The fourth-order valence-corrected chi connectivity index (χ4v) is 1.45. The summed E-state index contributed by atoms with van der Waals surface area (Å²) in [6.07, 6.45) is 1.80. The van der Waals surface area contributed by atoms with Crippen LogP contribution in [0.5, 0.6) is 0 Å². The number of nitrogens with one attached hydrogen (secondary N) is 2. The third-order valence-electron chi connectivity index (χ3n) is 2.64. The molecule has 0 fully saturated rings. The molecule has 0 amide bonds. The summed E-state index contributed by atoms with van der Waals surface area (Å²) in [5, 5.41) is 20.4. The van der Waals surface area contributed by atoms with Crippen LogP contribution in [0.2, 0.25) is 0 Å². The Morgan fingerprint density at radius 3 is 3.00 bits per heavy atom. The molecule has 0 aliphatic heterocycles. The molecule has 0 bridgehead atoms. The number of fused-ring (bicyclic) bond motifs is 1. The van der Waals surface area contributed by atoms with Gasteiger partial charge >= 0.3 is 0 Å². The summed E-state index contributed by atoms with van der Waals surface area (Å²) in [6.45, 7) is 4.97. The summed E-state index contributed by atoms with van der Waals surface area (Å²) in [6, 6.07) is 6.05. The van der Waals surface area contributed by atoms with Crippen molar-refractivity contribution in [3.63, 3.8) is 0 Å². The number of hydrogen-bond acceptors (Lipinski definition) is 3. The van der Waals surface area contributed by atoms with E-state index in [1.807, 2.05) is 32.0 Å². The smallest absolute Gasteiger partial charge is 0.0651 e. The molecule has 2 rings (SSSR count). The van der Waals surface area contributed by atoms with E-state index in [-0.39, 0.29) is 12.0 Å². The third-order valence-corrected chi connectivity index (χ3v) is 2.64. The van der Waals surface area contributed by atoms with Gasteiger partial charge in [0.15, 0.2) is 0 Å². The Bertz CT molecular complexity index is 476. The van der Waals surface area contributed by atoms with E-state index in [4.69, 9.17) is 5.11 Å². The van der Waals surface area contributed by atoms with Crippen LogP contribution in [-0.2, 0) is 0 Å². The zero-order chi connectivity index (χ0) is 11.6. The number of anilines is 1. The zero-order valence-corrected chi connectivity index (χ0v) is 9.62. The molecule has 0 saturated heterocycles. The summed E-state index contributed by atoms with van der Waals surface area (Å²) >= 11 is 0. The molecule has 0 atom stereocenters. The molecule has 0 saturated carbocycles. The van der Waals surface area contributed by atoms with Gasteiger partial charge in [0, 0.05) is 29.6 Å². The van der Waals surface area contributed by atoms with Crippen LogP contribution < -0.4 is 5.32 Å². The van der Waals surface area contributed by atoms with E-state index in [2.05, 4.69) is 15.5 Å². The third kappa shape index (κ3) is 2.33. The first-order valence-electron chi connectivity index (χ1n) is 5.39. The minimum atomic E-state index is -0.106. The lowest BCUT2D eigenvalue weighted by Gasteiger charge is -2.22. The second-order valence-electron chi connectivity index (χ2n) is 4.85. The summed E-state index contributed by atoms with van der Waals surface area (Å²) in [5.74, 6) is 0. The Morgan fingerprint density at radius 1 is 1.44 bits per heavy atom. The minimum absolute atomic E-state index is 0.106. The fourth-order valence-electron chi connectivity index (χ4n) is 1.45. The van der Waals surface area contributed by atoms with Gasteiger partial charge in [-0.15, -0.1) is 0 Å².